The highest BCUT2D eigenvalue weighted by Crippen LogP contribution is 2.26. The minimum Gasteiger partial charge on any atom is -0.497 e. The van der Waals surface area contributed by atoms with Crippen molar-refractivity contribution in [1.29, 1.82) is 0 Å². The highest BCUT2D eigenvalue weighted by Gasteiger charge is 2.22. The van der Waals surface area contributed by atoms with Gasteiger partial charge in [-0.15, -0.1) is 10.2 Å². The highest BCUT2D eigenvalue weighted by atomic mass is 35.5. The second kappa shape index (κ2) is 7.71. The Bertz CT molecular complexity index is 976. The first-order chi connectivity index (χ1) is 12.9. The fraction of sp³-hybridized carbons (Fsp3) is 0.167. The fourth-order valence-corrected chi connectivity index (χ4v) is 2.43. The first-order valence-corrected chi connectivity index (χ1v) is 8.10. The van der Waals surface area contributed by atoms with Gasteiger partial charge in [-0.25, -0.2) is 13.6 Å². The van der Waals surface area contributed by atoms with Crippen LogP contribution in [0.1, 0.15) is 29.3 Å². The van der Waals surface area contributed by atoms with Gasteiger partial charge in [-0.05, 0) is 43.3 Å². The number of halogens is 3. The summed E-state index contributed by atoms with van der Waals surface area (Å²) in [6, 6.07) is 8.29. The molecular formula is C18H13ClF2N2O4. The molecule has 0 saturated carbocycles. The fourth-order valence-electron chi connectivity index (χ4n) is 2.20. The van der Waals surface area contributed by atoms with E-state index in [-0.39, 0.29) is 22.4 Å². The molecule has 0 N–H and O–H groups in total. The third-order valence-electron chi connectivity index (χ3n) is 3.64. The van der Waals surface area contributed by atoms with Crippen LogP contribution in [0.2, 0.25) is 5.02 Å². The van der Waals surface area contributed by atoms with E-state index in [9.17, 15) is 13.6 Å². The van der Waals surface area contributed by atoms with Crippen molar-refractivity contribution in [2.75, 3.05) is 7.11 Å². The highest BCUT2D eigenvalue weighted by molar-refractivity contribution is 6.33. The van der Waals surface area contributed by atoms with E-state index < -0.39 is 23.7 Å². The van der Waals surface area contributed by atoms with E-state index in [0.717, 1.165) is 0 Å². The predicted molar refractivity (Wildman–Crippen MR) is 91.5 cm³/mol. The number of ether oxygens (including phenoxy) is 2. The molecule has 0 aliphatic carbocycles. The van der Waals surface area contributed by atoms with Crippen molar-refractivity contribution in [3.63, 3.8) is 0 Å². The van der Waals surface area contributed by atoms with Crippen LogP contribution in [0.25, 0.3) is 11.5 Å². The first kappa shape index (κ1) is 18.8. The largest absolute Gasteiger partial charge is 0.497 e. The van der Waals surface area contributed by atoms with Gasteiger partial charge in [0.05, 0.1) is 17.7 Å². The van der Waals surface area contributed by atoms with E-state index in [4.69, 9.17) is 25.5 Å². The first-order valence-electron chi connectivity index (χ1n) is 7.72. The van der Waals surface area contributed by atoms with Gasteiger partial charge in [0, 0.05) is 5.56 Å². The Hall–Kier alpha value is -3.00. The van der Waals surface area contributed by atoms with Crippen molar-refractivity contribution in [3.8, 4) is 17.2 Å². The van der Waals surface area contributed by atoms with Crippen LogP contribution >= 0.6 is 11.6 Å². The molecule has 1 aromatic heterocycles. The lowest BCUT2D eigenvalue weighted by molar-refractivity contribution is 0.0279. The molecule has 0 bridgehead atoms. The number of benzene rings is 2. The van der Waals surface area contributed by atoms with Crippen LogP contribution in [-0.2, 0) is 4.74 Å². The number of nitrogens with zero attached hydrogens (tertiary/aromatic N) is 2. The number of aromatic nitrogens is 2. The second-order valence-electron chi connectivity index (χ2n) is 5.47. The Labute approximate surface area is 157 Å². The van der Waals surface area contributed by atoms with Gasteiger partial charge in [-0.3, -0.25) is 0 Å². The molecule has 9 heteroatoms. The number of carbonyl (C=O) groups is 1. The Balaban J connectivity index is 1.75. The van der Waals surface area contributed by atoms with Crippen LogP contribution in [-0.4, -0.2) is 23.3 Å². The number of esters is 1. The molecule has 1 heterocycles. The predicted octanol–water partition coefficient (Wildman–Crippen LogP) is 4.59. The van der Waals surface area contributed by atoms with Crippen LogP contribution in [0.15, 0.2) is 40.8 Å². The molecule has 0 aliphatic heterocycles. The summed E-state index contributed by atoms with van der Waals surface area (Å²) in [5.74, 6) is -2.39. The van der Waals surface area contributed by atoms with Crippen LogP contribution in [0.5, 0.6) is 5.75 Å². The van der Waals surface area contributed by atoms with Crippen molar-refractivity contribution in [1.82, 2.24) is 10.2 Å². The summed E-state index contributed by atoms with van der Waals surface area (Å²) in [7, 11) is 1.55. The Morgan fingerprint density at radius 1 is 1.15 bits per heavy atom. The van der Waals surface area contributed by atoms with Gasteiger partial charge in [-0.2, -0.15) is 0 Å². The summed E-state index contributed by atoms with van der Waals surface area (Å²) in [4.78, 5) is 12.2. The van der Waals surface area contributed by atoms with Gasteiger partial charge >= 0.3 is 5.97 Å². The van der Waals surface area contributed by atoms with Crippen molar-refractivity contribution < 1.29 is 27.5 Å². The SMILES string of the molecule is COc1ccc(-c2nnc(C(C)OC(=O)c3cc(F)c(F)cc3Cl)o2)cc1. The lowest BCUT2D eigenvalue weighted by atomic mass is 10.2. The Morgan fingerprint density at radius 3 is 2.48 bits per heavy atom. The molecule has 0 fully saturated rings. The maximum Gasteiger partial charge on any atom is 0.340 e. The van der Waals surface area contributed by atoms with E-state index >= 15 is 0 Å². The number of hydrogen-bond acceptors (Lipinski definition) is 6. The van der Waals surface area contributed by atoms with Crippen LogP contribution in [0.3, 0.4) is 0 Å². The molecule has 2 aromatic carbocycles. The second-order valence-corrected chi connectivity index (χ2v) is 5.87. The van der Waals surface area contributed by atoms with Gasteiger partial charge in [0.15, 0.2) is 17.7 Å². The number of hydrogen-bond donors (Lipinski definition) is 0. The molecule has 140 valence electrons. The van der Waals surface area contributed by atoms with Crippen LogP contribution in [0, 0.1) is 11.6 Å². The zero-order chi connectivity index (χ0) is 19.6. The summed E-state index contributed by atoms with van der Waals surface area (Å²) >= 11 is 5.77. The standard InChI is InChI=1S/C18H13ClF2N2O4/c1-9(26-18(24)12-7-14(20)15(21)8-13(12)19)16-22-23-17(27-16)10-3-5-11(25-2)6-4-10/h3-9H,1-2H3. The quantitative estimate of drug-likeness (QED) is 0.465. The van der Waals surface area contributed by atoms with Crippen molar-refractivity contribution in [2.24, 2.45) is 0 Å². The maximum absolute atomic E-state index is 13.3. The Morgan fingerprint density at radius 2 is 1.81 bits per heavy atom. The van der Waals surface area contributed by atoms with Gasteiger partial charge in [-0.1, -0.05) is 11.6 Å². The van der Waals surface area contributed by atoms with E-state index in [1.807, 2.05) is 0 Å². The minimum absolute atomic E-state index is 0.0351. The van der Waals surface area contributed by atoms with Crippen molar-refractivity contribution >= 4 is 17.6 Å². The van der Waals surface area contributed by atoms with E-state index in [1.54, 1.807) is 31.4 Å². The maximum atomic E-state index is 13.3. The molecule has 0 aliphatic rings. The number of carbonyl (C=O) groups excluding carboxylic acids is 1. The number of methoxy groups -OCH3 is 1. The molecule has 3 aromatic rings. The molecule has 0 radical (unpaired) electrons. The zero-order valence-electron chi connectivity index (χ0n) is 14.2. The van der Waals surface area contributed by atoms with E-state index in [0.29, 0.717) is 23.4 Å². The van der Waals surface area contributed by atoms with Gasteiger partial charge in [0.1, 0.15) is 5.75 Å². The molecule has 0 spiro atoms. The lowest BCUT2D eigenvalue weighted by Crippen LogP contribution is -2.11. The monoisotopic (exact) mass is 394 g/mol. The molecule has 0 saturated heterocycles. The summed E-state index contributed by atoms with van der Waals surface area (Å²) in [6.45, 7) is 1.50. The third-order valence-corrected chi connectivity index (χ3v) is 3.95. The lowest BCUT2D eigenvalue weighted by Gasteiger charge is -2.10. The molecule has 0 amide bonds. The summed E-state index contributed by atoms with van der Waals surface area (Å²) in [6.07, 6.45) is -0.929. The Kier molecular flexibility index (Phi) is 5.36. The smallest absolute Gasteiger partial charge is 0.340 e. The summed E-state index contributed by atoms with van der Waals surface area (Å²) < 4.78 is 42.2. The van der Waals surface area contributed by atoms with Crippen LogP contribution in [0.4, 0.5) is 8.78 Å². The topological polar surface area (TPSA) is 74.5 Å². The van der Waals surface area contributed by atoms with Crippen molar-refractivity contribution in [3.05, 3.63) is 64.5 Å². The molecular weight excluding hydrogens is 382 g/mol. The zero-order valence-corrected chi connectivity index (χ0v) is 15.0. The van der Waals surface area contributed by atoms with Crippen LogP contribution < -0.4 is 4.74 Å². The molecule has 1 unspecified atom stereocenters. The number of rotatable bonds is 5. The average Bonchev–Trinajstić information content (AvgIpc) is 3.15. The minimum atomic E-state index is -1.21. The summed E-state index contributed by atoms with van der Waals surface area (Å²) in [5.41, 5.74) is 0.342. The van der Waals surface area contributed by atoms with Gasteiger partial charge in [0.2, 0.25) is 5.89 Å². The van der Waals surface area contributed by atoms with E-state index in [1.165, 1.54) is 6.92 Å². The average molecular weight is 395 g/mol. The van der Waals surface area contributed by atoms with Crippen molar-refractivity contribution in [2.45, 2.75) is 13.0 Å². The molecule has 6 nitrogen and oxygen atoms in total. The molecule has 1 atom stereocenters. The normalized spacial score (nSPS) is 11.9. The van der Waals surface area contributed by atoms with E-state index in [2.05, 4.69) is 10.2 Å². The van der Waals surface area contributed by atoms with Gasteiger partial charge < -0.3 is 13.9 Å². The molecule has 27 heavy (non-hydrogen) atoms. The third kappa shape index (κ3) is 4.06. The molecule has 3 rings (SSSR count). The summed E-state index contributed by atoms with van der Waals surface area (Å²) in [5, 5.41) is 7.48. The van der Waals surface area contributed by atoms with Gasteiger partial charge in [0.25, 0.3) is 5.89 Å².